The normalized spacial score (nSPS) is 25.3. The maximum atomic E-state index is 5.17. The standard InChI is InChI=1S/C14H28N4O.HI/c1-11-10-13(11)17-14(15-2)16-6-7-18(8-9-19-3)12-4-5-12;/h11-13H,4-10H2,1-3H3,(H2,15,16,17);1H. The van der Waals surface area contributed by atoms with Crippen LogP contribution in [0.15, 0.2) is 4.99 Å². The number of guanidine groups is 1. The molecule has 0 heterocycles. The molecule has 0 aromatic heterocycles. The summed E-state index contributed by atoms with van der Waals surface area (Å²) in [4.78, 5) is 6.79. The molecule has 0 aromatic rings. The second-order valence-electron chi connectivity index (χ2n) is 5.72. The van der Waals surface area contributed by atoms with Gasteiger partial charge in [-0.05, 0) is 25.2 Å². The number of ether oxygens (including phenoxy) is 1. The van der Waals surface area contributed by atoms with Gasteiger partial charge in [0.05, 0.1) is 6.61 Å². The van der Waals surface area contributed by atoms with Crippen LogP contribution in [0.2, 0.25) is 0 Å². The summed E-state index contributed by atoms with van der Waals surface area (Å²) in [6, 6.07) is 1.41. The van der Waals surface area contributed by atoms with E-state index in [1.165, 1.54) is 19.3 Å². The molecule has 2 unspecified atom stereocenters. The highest BCUT2D eigenvalue weighted by atomic mass is 127. The van der Waals surface area contributed by atoms with Crippen molar-refractivity contribution in [2.75, 3.05) is 40.4 Å². The van der Waals surface area contributed by atoms with Crippen molar-refractivity contribution >= 4 is 29.9 Å². The summed E-state index contributed by atoms with van der Waals surface area (Å²) < 4.78 is 5.17. The third-order valence-electron chi connectivity index (χ3n) is 3.99. The third kappa shape index (κ3) is 6.13. The predicted octanol–water partition coefficient (Wildman–Crippen LogP) is 1.29. The highest BCUT2D eigenvalue weighted by Gasteiger charge is 2.33. The van der Waals surface area contributed by atoms with Gasteiger partial charge in [0.15, 0.2) is 5.96 Å². The van der Waals surface area contributed by atoms with Crippen molar-refractivity contribution in [3.8, 4) is 0 Å². The van der Waals surface area contributed by atoms with E-state index in [0.29, 0.717) is 6.04 Å². The van der Waals surface area contributed by atoms with Crippen molar-refractivity contribution in [1.82, 2.24) is 15.5 Å². The monoisotopic (exact) mass is 396 g/mol. The Balaban J connectivity index is 0.00000200. The van der Waals surface area contributed by atoms with Gasteiger partial charge in [-0.25, -0.2) is 0 Å². The molecule has 0 radical (unpaired) electrons. The van der Waals surface area contributed by atoms with Crippen molar-refractivity contribution in [2.45, 2.75) is 38.3 Å². The van der Waals surface area contributed by atoms with E-state index >= 15 is 0 Å². The van der Waals surface area contributed by atoms with Crippen LogP contribution >= 0.6 is 24.0 Å². The average molecular weight is 396 g/mol. The Labute approximate surface area is 139 Å². The summed E-state index contributed by atoms with van der Waals surface area (Å²) in [5, 5.41) is 6.86. The first-order valence-corrected chi connectivity index (χ1v) is 7.44. The molecular formula is C14H29IN4O. The average Bonchev–Trinajstić information content (AvgIpc) is 3.30. The topological polar surface area (TPSA) is 48.9 Å². The first kappa shape index (κ1) is 18.0. The molecule has 2 aliphatic rings. The lowest BCUT2D eigenvalue weighted by Crippen LogP contribution is -2.43. The van der Waals surface area contributed by atoms with Crippen LogP contribution in [-0.2, 0) is 4.74 Å². The Hall–Kier alpha value is -0.0800. The number of nitrogens with one attached hydrogen (secondary N) is 2. The zero-order valence-corrected chi connectivity index (χ0v) is 15.2. The fraction of sp³-hybridized carbons (Fsp3) is 0.929. The summed E-state index contributed by atoms with van der Waals surface area (Å²) in [6.07, 6.45) is 3.95. The molecule has 2 fully saturated rings. The van der Waals surface area contributed by atoms with Crippen molar-refractivity contribution in [1.29, 1.82) is 0 Å². The molecule has 6 heteroatoms. The largest absolute Gasteiger partial charge is 0.383 e. The van der Waals surface area contributed by atoms with E-state index in [4.69, 9.17) is 4.74 Å². The zero-order chi connectivity index (χ0) is 13.7. The van der Waals surface area contributed by atoms with Gasteiger partial charge < -0.3 is 15.4 Å². The molecule has 0 aliphatic heterocycles. The lowest BCUT2D eigenvalue weighted by molar-refractivity contribution is 0.144. The molecule has 2 N–H and O–H groups in total. The number of nitrogens with zero attached hydrogens (tertiary/aromatic N) is 2. The molecule has 0 aromatic carbocycles. The maximum Gasteiger partial charge on any atom is 0.191 e. The van der Waals surface area contributed by atoms with Crippen molar-refractivity contribution < 1.29 is 4.74 Å². The zero-order valence-electron chi connectivity index (χ0n) is 12.9. The second-order valence-corrected chi connectivity index (χ2v) is 5.72. The van der Waals surface area contributed by atoms with Gasteiger partial charge in [-0.2, -0.15) is 0 Å². The lowest BCUT2D eigenvalue weighted by Gasteiger charge is -2.22. The summed E-state index contributed by atoms with van der Waals surface area (Å²) in [5.41, 5.74) is 0. The number of aliphatic imine (C=N–C) groups is 1. The van der Waals surface area contributed by atoms with E-state index in [-0.39, 0.29) is 24.0 Å². The molecule has 2 atom stereocenters. The number of rotatable bonds is 8. The Morgan fingerprint density at radius 2 is 2.05 bits per heavy atom. The summed E-state index contributed by atoms with van der Waals surface area (Å²) in [7, 11) is 3.61. The fourth-order valence-electron chi connectivity index (χ4n) is 2.34. The minimum absolute atomic E-state index is 0. The first-order chi connectivity index (χ1) is 9.24. The second kappa shape index (κ2) is 9.04. The minimum atomic E-state index is 0. The van der Waals surface area contributed by atoms with Crippen LogP contribution in [-0.4, -0.2) is 63.3 Å². The summed E-state index contributed by atoms with van der Waals surface area (Å²) >= 11 is 0. The molecule has 0 bridgehead atoms. The molecule has 2 aliphatic carbocycles. The van der Waals surface area contributed by atoms with E-state index < -0.39 is 0 Å². The Bertz CT molecular complexity index is 310. The van der Waals surface area contributed by atoms with Crippen LogP contribution in [0.3, 0.4) is 0 Å². The van der Waals surface area contributed by atoms with E-state index in [9.17, 15) is 0 Å². The molecule has 2 saturated carbocycles. The van der Waals surface area contributed by atoms with Gasteiger partial charge in [0.1, 0.15) is 0 Å². The van der Waals surface area contributed by atoms with Gasteiger partial charge >= 0.3 is 0 Å². The van der Waals surface area contributed by atoms with Gasteiger partial charge in [0.25, 0.3) is 0 Å². The molecule has 118 valence electrons. The van der Waals surface area contributed by atoms with Crippen LogP contribution in [0.5, 0.6) is 0 Å². The van der Waals surface area contributed by atoms with Crippen LogP contribution in [0.1, 0.15) is 26.2 Å². The smallest absolute Gasteiger partial charge is 0.191 e. The summed E-state index contributed by atoms with van der Waals surface area (Å²) in [6.45, 7) is 6.14. The quantitative estimate of drug-likeness (QED) is 0.369. The van der Waals surface area contributed by atoms with Crippen LogP contribution < -0.4 is 10.6 Å². The molecule has 2 rings (SSSR count). The maximum absolute atomic E-state index is 5.17. The molecule has 5 nitrogen and oxygen atoms in total. The number of hydrogen-bond acceptors (Lipinski definition) is 3. The SMILES string of the molecule is CN=C(NCCN(CCOC)C1CC1)NC1CC1C.I. The minimum Gasteiger partial charge on any atom is -0.383 e. The number of halogens is 1. The molecule has 0 saturated heterocycles. The summed E-state index contributed by atoms with van der Waals surface area (Å²) in [5.74, 6) is 1.74. The van der Waals surface area contributed by atoms with E-state index in [1.54, 1.807) is 7.11 Å². The highest BCUT2D eigenvalue weighted by Crippen LogP contribution is 2.28. The highest BCUT2D eigenvalue weighted by molar-refractivity contribution is 14.0. The van der Waals surface area contributed by atoms with Gasteiger partial charge in [-0.1, -0.05) is 6.92 Å². The van der Waals surface area contributed by atoms with Crippen LogP contribution in [0.4, 0.5) is 0 Å². The third-order valence-corrected chi connectivity index (χ3v) is 3.99. The Morgan fingerprint density at radius 1 is 1.35 bits per heavy atom. The van der Waals surface area contributed by atoms with Gasteiger partial charge in [-0.3, -0.25) is 9.89 Å². The van der Waals surface area contributed by atoms with Crippen molar-refractivity contribution in [2.24, 2.45) is 10.9 Å². The van der Waals surface area contributed by atoms with Gasteiger partial charge in [0, 0.05) is 45.9 Å². The molecule has 0 spiro atoms. The van der Waals surface area contributed by atoms with E-state index in [1.807, 2.05) is 7.05 Å². The van der Waals surface area contributed by atoms with Gasteiger partial charge in [-0.15, -0.1) is 24.0 Å². The fourth-order valence-corrected chi connectivity index (χ4v) is 2.34. The lowest BCUT2D eigenvalue weighted by atomic mass is 10.4. The van der Waals surface area contributed by atoms with E-state index in [0.717, 1.165) is 44.2 Å². The Morgan fingerprint density at radius 3 is 2.55 bits per heavy atom. The van der Waals surface area contributed by atoms with Crippen molar-refractivity contribution in [3.05, 3.63) is 0 Å². The van der Waals surface area contributed by atoms with E-state index in [2.05, 4.69) is 27.4 Å². The Kier molecular flexibility index (Phi) is 8.13. The van der Waals surface area contributed by atoms with Gasteiger partial charge in [0.2, 0.25) is 0 Å². The number of hydrogen-bond donors (Lipinski definition) is 2. The molecule has 0 amide bonds. The van der Waals surface area contributed by atoms with Crippen LogP contribution in [0, 0.1) is 5.92 Å². The van der Waals surface area contributed by atoms with Crippen molar-refractivity contribution in [3.63, 3.8) is 0 Å². The number of methoxy groups -OCH3 is 1. The molecular weight excluding hydrogens is 367 g/mol. The molecule has 20 heavy (non-hydrogen) atoms. The first-order valence-electron chi connectivity index (χ1n) is 7.44. The van der Waals surface area contributed by atoms with Crippen LogP contribution in [0.25, 0.3) is 0 Å². The predicted molar refractivity (Wildman–Crippen MR) is 94.0 cm³/mol.